The molecule has 1 aromatic heterocycles. The summed E-state index contributed by atoms with van der Waals surface area (Å²) in [6.07, 6.45) is 2.72. The van der Waals surface area contributed by atoms with Crippen LogP contribution in [0.3, 0.4) is 0 Å². The summed E-state index contributed by atoms with van der Waals surface area (Å²) < 4.78 is 1.64. The van der Waals surface area contributed by atoms with Crippen LogP contribution in [0.5, 0.6) is 0 Å². The number of halogens is 1. The van der Waals surface area contributed by atoms with Crippen molar-refractivity contribution < 1.29 is 21.8 Å². The molecule has 0 saturated heterocycles. The van der Waals surface area contributed by atoms with Crippen molar-refractivity contribution >= 4 is 6.03 Å². The van der Waals surface area contributed by atoms with Crippen molar-refractivity contribution in [3.63, 3.8) is 0 Å². The van der Waals surface area contributed by atoms with E-state index in [1.807, 2.05) is 12.1 Å². The van der Waals surface area contributed by atoms with Gasteiger partial charge in [-0.1, -0.05) is 0 Å². The fourth-order valence-electron chi connectivity index (χ4n) is 1.20. The van der Waals surface area contributed by atoms with Crippen molar-refractivity contribution in [1.29, 1.82) is 0 Å². The minimum absolute atomic E-state index is 0. The van der Waals surface area contributed by atoms with Crippen LogP contribution in [0.25, 0.3) is 0 Å². The average Bonchev–Trinajstić information content (AvgIpc) is 2.36. The third-order valence-corrected chi connectivity index (χ3v) is 1.71. The first-order valence-electron chi connectivity index (χ1n) is 3.32. The van der Waals surface area contributed by atoms with Gasteiger partial charge in [0.2, 0.25) is 0 Å². The topological polar surface area (TPSA) is 34.0 Å². The highest BCUT2D eigenvalue weighted by atomic mass is 79.9. The van der Waals surface area contributed by atoms with Crippen LogP contribution in [0, 0.1) is 0 Å². The standard InChI is InChI=1S/C7H8N2O.BrH/c10-7-8-4-3-6-2-1-5-9(6)7;/h1-2,5H,3-4H2,(H,8,10);1H/p-1. The van der Waals surface area contributed by atoms with E-state index in [9.17, 15) is 4.79 Å². The van der Waals surface area contributed by atoms with E-state index in [0.717, 1.165) is 18.7 Å². The monoisotopic (exact) mass is 215 g/mol. The highest BCUT2D eigenvalue weighted by Gasteiger charge is 2.12. The Bertz CT molecular complexity index is 269. The van der Waals surface area contributed by atoms with E-state index in [-0.39, 0.29) is 23.0 Å². The van der Waals surface area contributed by atoms with Crippen molar-refractivity contribution in [1.82, 2.24) is 9.88 Å². The Morgan fingerprint density at radius 3 is 3.09 bits per heavy atom. The minimum Gasteiger partial charge on any atom is -1.00 e. The van der Waals surface area contributed by atoms with Crippen molar-refractivity contribution in [3.8, 4) is 0 Å². The van der Waals surface area contributed by atoms with Gasteiger partial charge in [-0.2, -0.15) is 0 Å². The average molecular weight is 216 g/mol. The zero-order valence-electron chi connectivity index (χ0n) is 5.88. The molecule has 0 fully saturated rings. The van der Waals surface area contributed by atoms with Gasteiger partial charge in [-0.05, 0) is 12.1 Å². The number of rotatable bonds is 0. The van der Waals surface area contributed by atoms with Crippen LogP contribution < -0.4 is 22.3 Å². The maximum atomic E-state index is 11.0. The van der Waals surface area contributed by atoms with Gasteiger partial charge in [-0.3, -0.25) is 4.57 Å². The lowest BCUT2D eigenvalue weighted by molar-refractivity contribution is -0.00000546. The zero-order valence-corrected chi connectivity index (χ0v) is 7.47. The first-order valence-corrected chi connectivity index (χ1v) is 3.32. The number of aromatic nitrogens is 1. The van der Waals surface area contributed by atoms with Crippen LogP contribution in [-0.4, -0.2) is 17.1 Å². The molecule has 1 amide bonds. The Hall–Kier alpha value is -0.770. The molecule has 1 aliphatic rings. The number of hydrogen-bond acceptors (Lipinski definition) is 1. The van der Waals surface area contributed by atoms with Crippen LogP contribution in [0.2, 0.25) is 0 Å². The summed E-state index contributed by atoms with van der Waals surface area (Å²) in [5.74, 6) is 0. The van der Waals surface area contributed by atoms with Crippen LogP contribution in [0.1, 0.15) is 5.69 Å². The van der Waals surface area contributed by atoms with Gasteiger partial charge in [0.1, 0.15) is 0 Å². The number of amides is 1. The van der Waals surface area contributed by atoms with Crippen LogP contribution in [-0.2, 0) is 6.42 Å². The molecule has 1 aromatic rings. The second kappa shape index (κ2) is 3.09. The summed E-state index contributed by atoms with van der Waals surface area (Å²) in [5.41, 5.74) is 1.10. The van der Waals surface area contributed by atoms with Crippen molar-refractivity contribution in [2.24, 2.45) is 0 Å². The highest BCUT2D eigenvalue weighted by molar-refractivity contribution is 5.78. The third kappa shape index (κ3) is 1.30. The quantitative estimate of drug-likeness (QED) is 0.515. The maximum absolute atomic E-state index is 11.0. The molecule has 1 aliphatic heterocycles. The molecule has 0 aliphatic carbocycles. The molecule has 0 atom stereocenters. The molecule has 2 rings (SSSR count). The molecule has 11 heavy (non-hydrogen) atoms. The molecule has 4 heteroatoms. The number of nitrogens with zero attached hydrogens (tertiary/aromatic N) is 1. The van der Waals surface area contributed by atoms with Crippen LogP contribution in [0.15, 0.2) is 18.3 Å². The summed E-state index contributed by atoms with van der Waals surface area (Å²) in [5, 5.41) is 2.75. The number of carbonyl (C=O) groups is 1. The molecular formula is C7H8BrN2O-. The van der Waals surface area contributed by atoms with Gasteiger partial charge in [-0.25, -0.2) is 4.79 Å². The summed E-state index contributed by atoms with van der Waals surface area (Å²) in [7, 11) is 0. The molecule has 60 valence electrons. The molecule has 0 unspecified atom stereocenters. The molecule has 0 saturated carbocycles. The van der Waals surface area contributed by atoms with E-state index in [0.29, 0.717) is 0 Å². The van der Waals surface area contributed by atoms with Gasteiger partial charge in [0.25, 0.3) is 0 Å². The summed E-state index contributed by atoms with van der Waals surface area (Å²) in [6.45, 7) is 0.767. The molecule has 3 nitrogen and oxygen atoms in total. The SMILES string of the molecule is O=C1NCCc2cccn21.[Br-]. The summed E-state index contributed by atoms with van der Waals surface area (Å²) >= 11 is 0. The smallest absolute Gasteiger partial charge is 0.325 e. The molecule has 0 bridgehead atoms. The van der Waals surface area contributed by atoms with Gasteiger partial charge >= 0.3 is 6.03 Å². The fourth-order valence-corrected chi connectivity index (χ4v) is 1.20. The van der Waals surface area contributed by atoms with E-state index in [2.05, 4.69) is 5.32 Å². The first kappa shape index (κ1) is 8.33. The molecule has 0 aromatic carbocycles. The minimum atomic E-state index is -0.00810. The Morgan fingerprint density at radius 2 is 2.36 bits per heavy atom. The molecule has 0 spiro atoms. The number of fused-ring (bicyclic) bond motifs is 1. The van der Waals surface area contributed by atoms with E-state index < -0.39 is 0 Å². The van der Waals surface area contributed by atoms with Gasteiger partial charge in [0.15, 0.2) is 0 Å². The van der Waals surface area contributed by atoms with E-state index in [1.54, 1.807) is 10.8 Å². The normalized spacial score (nSPS) is 14.7. The fraction of sp³-hybridized carbons (Fsp3) is 0.286. The number of hydrogen-bond donors (Lipinski definition) is 1. The number of nitrogens with one attached hydrogen (secondary N) is 1. The third-order valence-electron chi connectivity index (χ3n) is 1.71. The van der Waals surface area contributed by atoms with Gasteiger partial charge in [0, 0.05) is 24.9 Å². The van der Waals surface area contributed by atoms with Gasteiger partial charge in [-0.15, -0.1) is 0 Å². The highest BCUT2D eigenvalue weighted by Crippen LogP contribution is 2.05. The lowest BCUT2D eigenvalue weighted by atomic mass is 10.3. The molecule has 0 radical (unpaired) electrons. The second-order valence-electron chi connectivity index (χ2n) is 2.35. The van der Waals surface area contributed by atoms with Crippen LogP contribution in [0.4, 0.5) is 4.79 Å². The lowest BCUT2D eigenvalue weighted by Crippen LogP contribution is -3.00. The second-order valence-corrected chi connectivity index (χ2v) is 2.35. The van der Waals surface area contributed by atoms with Gasteiger partial charge < -0.3 is 22.3 Å². The Morgan fingerprint density at radius 1 is 1.55 bits per heavy atom. The van der Waals surface area contributed by atoms with E-state index in [1.165, 1.54) is 0 Å². The molecule has 1 N–H and O–H groups in total. The van der Waals surface area contributed by atoms with Crippen molar-refractivity contribution in [2.75, 3.05) is 6.54 Å². The predicted octanol–water partition coefficient (Wildman–Crippen LogP) is -2.39. The Labute approximate surface area is 75.2 Å². The van der Waals surface area contributed by atoms with E-state index >= 15 is 0 Å². The largest absolute Gasteiger partial charge is 1.00 e. The maximum Gasteiger partial charge on any atom is 0.325 e. The summed E-state index contributed by atoms with van der Waals surface area (Å²) in [6, 6.07) is 3.85. The molecule has 2 heterocycles. The Kier molecular flexibility index (Phi) is 2.34. The van der Waals surface area contributed by atoms with E-state index in [4.69, 9.17) is 0 Å². The summed E-state index contributed by atoms with van der Waals surface area (Å²) in [4.78, 5) is 11.0. The lowest BCUT2D eigenvalue weighted by Gasteiger charge is -2.14. The number of carbonyl (C=O) groups excluding carboxylic acids is 1. The van der Waals surface area contributed by atoms with Crippen molar-refractivity contribution in [3.05, 3.63) is 24.0 Å². The Balaban J connectivity index is 0.000000605. The molecular weight excluding hydrogens is 208 g/mol. The van der Waals surface area contributed by atoms with Crippen molar-refractivity contribution in [2.45, 2.75) is 6.42 Å². The first-order chi connectivity index (χ1) is 4.88. The predicted molar refractivity (Wildman–Crippen MR) is 36.9 cm³/mol. The van der Waals surface area contributed by atoms with Gasteiger partial charge in [0.05, 0.1) is 0 Å². The van der Waals surface area contributed by atoms with Crippen LogP contribution >= 0.6 is 0 Å². The zero-order chi connectivity index (χ0) is 6.97.